The summed E-state index contributed by atoms with van der Waals surface area (Å²) in [4.78, 5) is 8.34. The van der Waals surface area contributed by atoms with E-state index in [1.165, 1.54) is 0 Å². The summed E-state index contributed by atoms with van der Waals surface area (Å²) in [6.07, 6.45) is 6.93. The van der Waals surface area contributed by atoms with Crippen molar-refractivity contribution in [3.05, 3.63) is 42.7 Å². The van der Waals surface area contributed by atoms with E-state index in [1.54, 1.807) is 30.4 Å². The molecule has 0 bridgehead atoms. The molecule has 0 unspecified atom stereocenters. The lowest BCUT2D eigenvalue weighted by molar-refractivity contribution is 0.00973. The molecule has 0 saturated carbocycles. The van der Waals surface area contributed by atoms with Gasteiger partial charge >= 0.3 is 0 Å². The van der Waals surface area contributed by atoms with Gasteiger partial charge in [-0.05, 0) is 26.0 Å². The fourth-order valence-electron chi connectivity index (χ4n) is 1.75. The molecule has 108 valence electrons. The summed E-state index contributed by atoms with van der Waals surface area (Å²) >= 11 is 0. The van der Waals surface area contributed by atoms with Gasteiger partial charge in [-0.15, -0.1) is 0 Å². The molecular weight excluding hydrogens is 270 g/mol. The number of rotatable bonds is 4. The molecule has 3 heterocycles. The molecule has 0 aromatic carbocycles. The summed E-state index contributed by atoms with van der Waals surface area (Å²) in [5.41, 5.74) is 1.06. The first-order valence-corrected chi connectivity index (χ1v) is 6.45. The lowest BCUT2D eigenvalue weighted by Gasteiger charge is -2.17. The van der Waals surface area contributed by atoms with Crippen LogP contribution in [0.2, 0.25) is 0 Å². The molecule has 21 heavy (non-hydrogen) atoms. The molecule has 0 amide bonds. The van der Waals surface area contributed by atoms with E-state index in [0.717, 1.165) is 11.3 Å². The van der Waals surface area contributed by atoms with Crippen LogP contribution in [0.1, 0.15) is 19.7 Å². The Morgan fingerprint density at radius 1 is 1.24 bits per heavy atom. The number of pyridine rings is 1. The lowest BCUT2D eigenvalue weighted by Crippen LogP contribution is -2.21. The molecule has 0 N–H and O–H groups in total. The molecule has 3 rings (SSSR count). The molecular formula is C14H15N5O2. The average Bonchev–Trinajstić information content (AvgIpc) is 3.17. The molecule has 0 aliphatic heterocycles. The Morgan fingerprint density at radius 3 is 2.71 bits per heavy atom. The molecule has 7 nitrogen and oxygen atoms in total. The van der Waals surface area contributed by atoms with Crippen LogP contribution >= 0.6 is 0 Å². The molecule has 0 spiro atoms. The van der Waals surface area contributed by atoms with Gasteiger partial charge in [-0.2, -0.15) is 10.1 Å². The van der Waals surface area contributed by atoms with Crippen LogP contribution < -0.4 is 0 Å². The molecule has 0 radical (unpaired) electrons. The van der Waals surface area contributed by atoms with Gasteiger partial charge in [0.2, 0.25) is 5.82 Å². The van der Waals surface area contributed by atoms with Gasteiger partial charge < -0.3 is 9.26 Å². The smallest absolute Gasteiger partial charge is 0.261 e. The van der Waals surface area contributed by atoms with Crippen molar-refractivity contribution in [1.29, 1.82) is 0 Å². The summed E-state index contributed by atoms with van der Waals surface area (Å²) < 4.78 is 12.3. The molecule has 0 aliphatic rings. The Labute approximate surface area is 121 Å². The zero-order valence-electron chi connectivity index (χ0n) is 12.0. The third-order valence-corrected chi connectivity index (χ3v) is 3.23. The van der Waals surface area contributed by atoms with Crippen molar-refractivity contribution in [1.82, 2.24) is 24.9 Å². The SMILES string of the molecule is COC(C)(C)c1noc(-c2cnn(-c3ccncc3)c2)n1. The highest BCUT2D eigenvalue weighted by Gasteiger charge is 2.26. The molecule has 0 fully saturated rings. The normalized spacial score (nSPS) is 11.8. The van der Waals surface area contributed by atoms with E-state index in [4.69, 9.17) is 9.26 Å². The molecule has 0 aliphatic carbocycles. The van der Waals surface area contributed by atoms with Gasteiger partial charge in [0, 0.05) is 25.7 Å². The number of aromatic nitrogens is 5. The maximum absolute atomic E-state index is 5.33. The monoisotopic (exact) mass is 285 g/mol. The average molecular weight is 285 g/mol. The Hall–Kier alpha value is -2.54. The highest BCUT2D eigenvalue weighted by Crippen LogP contribution is 2.24. The van der Waals surface area contributed by atoms with Gasteiger partial charge in [0.25, 0.3) is 5.89 Å². The van der Waals surface area contributed by atoms with E-state index in [9.17, 15) is 0 Å². The van der Waals surface area contributed by atoms with E-state index in [-0.39, 0.29) is 0 Å². The number of nitrogens with zero attached hydrogens (tertiary/aromatic N) is 5. The topological polar surface area (TPSA) is 78.9 Å². The quantitative estimate of drug-likeness (QED) is 0.731. The molecule has 3 aromatic heterocycles. The van der Waals surface area contributed by atoms with Gasteiger partial charge in [0.1, 0.15) is 5.60 Å². The van der Waals surface area contributed by atoms with E-state index in [1.807, 2.05) is 32.2 Å². The van der Waals surface area contributed by atoms with Crippen molar-refractivity contribution in [3.63, 3.8) is 0 Å². The van der Waals surface area contributed by atoms with Crippen LogP contribution in [-0.4, -0.2) is 32.0 Å². The predicted octanol–water partition coefficient (Wildman–Crippen LogP) is 2.20. The fourth-order valence-corrected chi connectivity index (χ4v) is 1.75. The first kappa shape index (κ1) is 13.4. The van der Waals surface area contributed by atoms with Gasteiger partial charge in [-0.25, -0.2) is 4.68 Å². The second kappa shape index (κ2) is 5.10. The van der Waals surface area contributed by atoms with Gasteiger partial charge in [0.15, 0.2) is 0 Å². The van der Waals surface area contributed by atoms with Crippen LogP contribution in [0.15, 0.2) is 41.4 Å². The van der Waals surface area contributed by atoms with E-state index in [0.29, 0.717) is 11.7 Å². The van der Waals surface area contributed by atoms with Crippen LogP contribution in [-0.2, 0) is 10.3 Å². The minimum absolute atomic E-state index is 0.412. The Balaban J connectivity index is 1.91. The Bertz CT molecular complexity index is 733. The first-order chi connectivity index (χ1) is 10.1. The standard InChI is InChI=1S/C14H15N5O2/c1-14(2,20-3)13-17-12(21-18-13)10-8-16-19(9-10)11-4-6-15-7-5-11/h4-9H,1-3H3. The van der Waals surface area contributed by atoms with Crippen LogP contribution in [0, 0.1) is 0 Å². The third kappa shape index (κ3) is 2.55. The number of ether oxygens (including phenoxy) is 1. The molecule has 0 saturated heterocycles. The predicted molar refractivity (Wildman–Crippen MR) is 74.7 cm³/mol. The van der Waals surface area contributed by atoms with Crippen LogP contribution in [0.4, 0.5) is 0 Å². The van der Waals surface area contributed by atoms with Crippen LogP contribution in [0.25, 0.3) is 17.1 Å². The Morgan fingerprint density at radius 2 is 2.00 bits per heavy atom. The zero-order valence-corrected chi connectivity index (χ0v) is 12.0. The van der Waals surface area contributed by atoms with Crippen molar-refractivity contribution in [2.45, 2.75) is 19.4 Å². The number of hydrogen-bond acceptors (Lipinski definition) is 6. The summed E-state index contributed by atoms with van der Waals surface area (Å²) in [6, 6.07) is 3.73. The number of methoxy groups -OCH3 is 1. The first-order valence-electron chi connectivity index (χ1n) is 6.45. The second-order valence-corrected chi connectivity index (χ2v) is 5.02. The molecule has 3 aromatic rings. The van der Waals surface area contributed by atoms with Gasteiger partial charge in [-0.3, -0.25) is 4.98 Å². The summed E-state index contributed by atoms with van der Waals surface area (Å²) in [5, 5.41) is 8.24. The number of hydrogen-bond donors (Lipinski definition) is 0. The fraction of sp³-hybridized carbons (Fsp3) is 0.286. The van der Waals surface area contributed by atoms with E-state index >= 15 is 0 Å². The summed E-state index contributed by atoms with van der Waals surface area (Å²) in [5.74, 6) is 0.909. The highest BCUT2D eigenvalue weighted by molar-refractivity contribution is 5.51. The molecule has 7 heteroatoms. The highest BCUT2D eigenvalue weighted by atomic mass is 16.5. The van der Waals surface area contributed by atoms with Gasteiger partial charge in [-0.1, -0.05) is 5.16 Å². The summed E-state index contributed by atoms with van der Waals surface area (Å²) in [6.45, 7) is 3.75. The van der Waals surface area contributed by atoms with Crippen molar-refractivity contribution in [3.8, 4) is 17.1 Å². The third-order valence-electron chi connectivity index (χ3n) is 3.23. The van der Waals surface area contributed by atoms with Crippen molar-refractivity contribution < 1.29 is 9.26 Å². The largest absolute Gasteiger partial charge is 0.371 e. The second-order valence-electron chi connectivity index (χ2n) is 5.02. The van der Waals surface area contributed by atoms with Crippen molar-refractivity contribution in [2.75, 3.05) is 7.11 Å². The minimum Gasteiger partial charge on any atom is -0.371 e. The van der Waals surface area contributed by atoms with Crippen molar-refractivity contribution >= 4 is 0 Å². The van der Waals surface area contributed by atoms with Gasteiger partial charge in [0.05, 0.1) is 17.4 Å². The maximum Gasteiger partial charge on any atom is 0.261 e. The zero-order chi connectivity index (χ0) is 14.9. The summed E-state index contributed by atoms with van der Waals surface area (Å²) in [7, 11) is 1.61. The van der Waals surface area contributed by atoms with Crippen molar-refractivity contribution in [2.24, 2.45) is 0 Å². The molecule has 0 atom stereocenters. The van der Waals surface area contributed by atoms with Crippen LogP contribution in [0.3, 0.4) is 0 Å². The van der Waals surface area contributed by atoms with E-state index < -0.39 is 5.60 Å². The lowest BCUT2D eigenvalue weighted by atomic mass is 10.1. The maximum atomic E-state index is 5.33. The minimum atomic E-state index is -0.594. The van der Waals surface area contributed by atoms with Crippen LogP contribution in [0.5, 0.6) is 0 Å². The Kier molecular flexibility index (Phi) is 3.26. The van der Waals surface area contributed by atoms with E-state index in [2.05, 4.69) is 20.2 Å².